The van der Waals surface area contributed by atoms with Crippen LogP contribution < -0.4 is 9.80 Å². The first-order valence-corrected chi connectivity index (χ1v) is 7.75. The molecule has 2 rings (SSSR count). The number of carbonyl (C=O) groups is 1. The summed E-state index contributed by atoms with van der Waals surface area (Å²) in [6.45, 7) is 0. The predicted molar refractivity (Wildman–Crippen MR) is 102 cm³/mol. The molecule has 0 saturated heterocycles. The van der Waals surface area contributed by atoms with Crippen molar-refractivity contribution >= 4 is 28.9 Å². The summed E-state index contributed by atoms with van der Waals surface area (Å²) < 4.78 is 0. The van der Waals surface area contributed by atoms with Crippen LogP contribution in [0.5, 0.6) is 0 Å². The molecule has 0 saturated carbocycles. The molecule has 130 valence electrons. The number of rotatable bonds is 6. The molecule has 6 heteroatoms. The van der Waals surface area contributed by atoms with Gasteiger partial charge in [0.15, 0.2) is 5.78 Å². The van der Waals surface area contributed by atoms with Gasteiger partial charge in [0.2, 0.25) is 0 Å². The van der Waals surface area contributed by atoms with E-state index in [1.54, 1.807) is 49.3 Å². The van der Waals surface area contributed by atoms with Gasteiger partial charge in [-0.05, 0) is 42.0 Å². The van der Waals surface area contributed by atoms with E-state index in [1.807, 2.05) is 31.1 Å². The highest BCUT2D eigenvalue weighted by Gasteiger charge is 2.15. The average molecular weight is 339 g/mol. The van der Waals surface area contributed by atoms with Gasteiger partial charge in [0.05, 0.1) is 4.92 Å². The Morgan fingerprint density at radius 2 is 1.64 bits per heavy atom. The van der Waals surface area contributed by atoms with E-state index in [-0.39, 0.29) is 11.5 Å². The summed E-state index contributed by atoms with van der Waals surface area (Å²) in [6, 6.07) is 12.2. The predicted octanol–water partition coefficient (Wildman–Crippen LogP) is 3.62. The van der Waals surface area contributed by atoms with Crippen LogP contribution in [0.4, 0.5) is 17.1 Å². The van der Waals surface area contributed by atoms with Crippen LogP contribution in [0.15, 0.2) is 48.5 Å². The monoisotopic (exact) mass is 339 g/mol. The van der Waals surface area contributed by atoms with Crippen molar-refractivity contribution in [2.45, 2.75) is 0 Å². The molecule has 0 aliphatic heterocycles. The maximum absolute atomic E-state index is 12.3. The smallest absolute Gasteiger partial charge is 0.293 e. The Balaban J connectivity index is 2.22. The van der Waals surface area contributed by atoms with Crippen LogP contribution in [-0.4, -0.2) is 38.9 Å². The zero-order valence-electron chi connectivity index (χ0n) is 14.8. The van der Waals surface area contributed by atoms with Gasteiger partial charge in [0, 0.05) is 45.5 Å². The van der Waals surface area contributed by atoms with Crippen LogP contribution >= 0.6 is 0 Å². The number of nitro benzene ring substituents is 1. The standard InChI is InChI=1S/C19H21N3O3/c1-20(2)16-9-7-15(8-10-16)19(23)12-6-14-5-11-17(21(3)4)18(13-14)22(24)25/h5-13H,1-4H3/b12-6+. The van der Waals surface area contributed by atoms with Crippen LogP contribution in [0.3, 0.4) is 0 Å². The van der Waals surface area contributed by atoms with Crippen molar-refractivity contribution in [3.63, 3.8) is 0 Å². The lowest BCUT2D eigenvalue weighted by molar-refractivity contribution is -0.384. The molecule has 0 N–H and O–H groups in total. The topological polar surface area (TPSA) is 66.7 Å². The second kappa shape index (κ2) is 7.61. The minimum atomic E-state index is -0.422. The van der Waals surface area contributed by atoms with Crippen LogP contribution in [0.25, 0.3) is 6.08 Å². The van der Waals surface area contributed by atoms with Gasteiger partial charge in [0.1, 0.15) is 5.69 Å². The van der Waals surface area contributed by atoms with E-state index in [2.05, 4.69) is 0 Å². The molecule has 0 aliphatic rings. The third-order valence-corrected chi connectivity index (χ3v) is 3.77. The molecule has 0 aromatic heterocycles. The molecule has 0 unspecified atom stereocenters. The first-order chi connectivity index (χ1) is 11.8. The molecule has 0 atom stereocenters. The Bertz CT molecular complexity index is 809. The number of allylic oxidation sites excluding steroid dienone is 1. The van der Waals surface area contributed by atoms with Crippen LogP contribution in [0.2, 0.25) is 0 Å². The van der Waals surface area contributed by atoms with Crippen molar-refractivity contribution in [2.75, 3.05) is 38.0 Å². The van der Waals surface area contributed by atoms with Crippen molar-refractivity contribution < 1.29 is 9.72 Å². The number of hydrogen-bond donors (Lipinski definition) is 0. The van der Waals surface area contributed by atoms with Gasteiger partial charge in [0.25, 0.3) is 5.69 Å². The largest absolute Gasteiger partial charge is 0.378 e. The van der Waals surface area contributed by atoms with Gasteiger partial charge in [-0.2, -0.15) is 0 Å². The lowest BCUT2D eigenvalue weighted by Crippen LogP contribution is -2.11. The Hall–Kier alpha value is -3.15. The maximum atomic E-state index is 12.3. The average Bonchev–Trinajstić information content (AvgIpc) is 2.59. The molecule has 0 spiro atoms. The fourth-order valence-electron chi connectivity index (χ4n) is 2.36. The quantitative estimate of drug-likeness (QED) is 0.348. The number of ketones is 1. The van der Waals surface area contributed by atoms with Gasteiger partial charge in [-0.15, -0.1) is 0 Å². The third kappa shape index (κ3) is 4.44. The molecule has 0 amide bonds. The molecular weight excluding hydrogens is 318 g/mol. The summed E-state index contributed by atoms with van der Waals surface area (Å²) in [5.41, 5.74) is 2.72. The fourth-order valence-corrected chi connectivity index (χ4v) is 2.36. The number of anilines is 2. The van der Waals surface area contributed by atoms with E-state index in [4.69, 9.17) is 0 Å². The van der Waals surface area contributed by atoms with Crippen molar-refractivity contribution in [1.29, 1.82) is 0 Å². The molecule has 0 heterocycles. The Labute approximate surface area is 147 Å². The first-order valence-electron chi connectivity index (χ1n) is 7.75. The van der Waals surface area contributed by atoms with E-state index < -0.39 is 4.92 Å². The Kier molecular flexibility index (Phi) is 5.54. The molecule has 0 bridgehead atoms. The third-order valence-electron chi connectivity index (χ3n) is 3.77. The number of benzene rings is 2. The maximum Gasteiger partial charge on any atom is 0.293 e. The summed E-state index contributed by atoms with van der Waals surface area (Å²) in [4.78, 5) is 26.7. The van der Waals surface area contributed by atoms with E-state index in [9.17, 15) is 14.9 Å². The Morgan fingerprint density at radius 3 is 2.16 bits per heavy atom. The lowest BCUT2D eigenvalue weighted by atomic mass is 10.1. The van der Waals surface area contributed by atoms with E-state index in [0.717, 1.165) is 5.69 Å². The molecule has 2 aromatic carbocycles. The van der Waals surface area contributed by atoms with Crippen molar-refractivity contribution in [3.8, 4) is 0 Å². The van der Waals surface area contributed by atoms with Gasteiger partial charge >= 0.3 is 0 Å². The second-order valence-electron chi connectivity index (χ2n) is 6.04. The normalized spacial score (nSPS) is 10.7. The highest BCUT2D eigenvalue weighted by atomic mass is 16.6. The molecule has 6 nitrogen and oxygen atoms in total. The van der Waals surface area contributed by atoms with Crippen molar-refractivity contribution in [1.82, 2.24) is 0 Å². The van der Waals surface area contributed by atoms with Crippen LogP contribution in [0, 0.1) is 10.1 Å². The van der Waals surface area contributed by atoms with Gasteiger partial charge in [-0.1, -0.05) is 12.1 Å². The first kappa shape index (κ1) is 18.2. The summed E-state index contributed by atoms with van der Waals surface area (Å²) in [7, 11) is 7.36. The van der Waals surface area contributed by atoms with Gasteiger partial charge < -0.3 is 9.80 Å². The van der Waals surface area contributed by atoms with E-state index in [1.165, 1.54) is 12.1 Å². The number of nitro groups is 1. The SMILES string of the molecule is CN(C)c1ccc(C(=O)/C=C/c2ccc(N(C)C)c([N+](=O)[O-])c2)cc1. The zero-order valence-corrected chi connectivity index (χ0v) is 14.8. The Morgan fingerprint density at radius 1 is 1.00 bits per heavy atom. The molecule has 0 radical (unpaired) electrons. The summed E-state index contributed by atoms with van der Waals surface area (Å²) in [5.74, 6) is -0.148. The highest BCUT2D eigenvalue weighted by molar-refractivity contribution is 6.07. The minimum Gasteiger partial charge on any atom is -0.378 e. The molecule has 2 aromatic rings. The number of nitrogens with zero attached hydrogens (tertiary/aromatic N) is 3. The molecule has 0 aliphatic carbocycles. The molecule has 25 heavy (non-hydrogen) atoms. The molecule has 0 fully saturated rings. The van der Waals surface area contributed by atoms with E-state index >= 15 is 0 Å². The summed E-state index contributed by atoms with van der Waals surface area (Å²) in [6.07, 6.45) is 3.02. The summed E-state index contributed by atoms with van der Waals surface area (Å²) in [5, 5.41) is 11.2. The molecular formula is C19H21N3O3. The zero-order chi connectivity index (χ0) is 18.6. The fraction of sp³-hybridized carbons (Fsp3) is 0.211. The van der Waals surface area contributed by atoms with Gasteiger partial charge in [-0.3, -0.25) is 14.9 Å². The van der Waals surface area contributed by atoms with Crippen molar-refractivity contribution in [3.05, 3.63) is 69.8 Å². The summed E-state index contributed by atoms with van der Waals surface area (Å²) >= 11 is 0. The number of carbonyl (C=O) groups excluding carboxylic acids is 1. The van der Waals surface area contributed by atoms with Crippen LogP contribution in [0.1, 0.15) is 15.9 Å². The van der Waals surface area contributed by atoms with Crippen LogP contribution in [-0.2, 0) is 0 Å². The highest BCUT2D eigenvalue weighted by Crippen LogP contribution is 2.28. The second-order valence-corrected chi connectivity index (χ2v) is 6.04. The van der Waals surface area contributed by atoms with Crippen molar-refractivity contribution in [2.24, 2.45) is 0 Å². The van der Waals surface area contributed by atoms with Gasteiger partial charge in [-0.25, -0.2) is 0 Å². The minimum absolute atomic E-state index is 0.00920. The van der Waals surface area contributed by atoms with E-state index in [0.29, 0.717) is 16.8 Å². The lowest BCUT2D eigenvalue weighted by Gasteiger charge is -2.12. The number of hydrogen-bond acceptors (Lipinski definition) is 5.